The van der Waals surface area contributed by atoms with Crippen molar-refractivity contribution < 1.29 is 24.0 Å². The Morgan fingerprint density at radius 2 is 1.36 bits per heavy atom. The molecule has 0 spiro atoms. The van der Waals surface area contributed by atoms with Gasteiger partial charge >= 0.3 is 0 Å². The van der Waals surface area contributed by atoms with Crippen molar-refractivity contribution in [2.75, 3.05) is 19.6 Å². The zero-order chi connectivity index (χ0) is 35.2. The van der Waals surface area contributed by atoms with Crippen molar-refractivity contribution in [2.45, 2.75) is 81.6 Å². The lowest BCUT2D eigenvalue weighted by atomic mass is 10.0. The van der Waals surface area contributed by atoms with Gasteiger partial charge in [-0.3, -0.25) is 29.0 Å². The normalized spacial score (nSPS) is 24.9. The number of carbonyl (C=O) groups excluding carboxylic acids is 5. The summed E-state index contributed by atoms with van der Waals surface area (Å²) in [6.45, 7) is 0.940. The molecule has 14 heteroatoms. The van der Waals surface area contributed by atoms with Gasteiger partial charge in [0.1, 0.15) is 30.2 Å². The largest absolute Gasteiger partial charge is 0.370 e. The Kier molecular flexibility index (Phi) is 10.6. The highest BCUT2D eigenvalue weighted by atomic mass is 16.2. The lowest BCUT2D eigenvalue weighted by molar-refractivity contribution is -0.148. The number of fused-ring (bicyclic) bond motifs is 3. The molecule has 3 fully saturated rings. The number of amides is 5. The summed E-state index contributed by atoms with van der Waals surface area (Å²) in [5.41, 5.74) is 13.6. The molecule has 2 aromatic carbocycles. The van der Waals surface area contributed by atoms with Crippen LogP contribution < -0.4 is 27.4 Å². The molecule has 3 aliphatic heterocycles. The maximum Gasteiger partial charge on any atom is 0.246 e. The molecule has 0 saturated carbocycles. The average Bonchev–Trinajstić information content (AvgIpc) is 3.89. The van der Waals surface area contributed by atoms with Gasteiger partial charge < -0.3 is 42.2 Å². The van der Waals surface area contributed by atoms with Gasteiger partial charge in [-0.25, -0.2) is 0 Å². The van der Waals surface area contributed by atoms with Crippen LogP contribution in [0.4, 0.5) is 0 Å². The molecular formula is C36H45N9O5. The SMILES string of the molecule is NC(N)=NCCC[C@@H]1NC(=O)[C@@H](Cc2ccccc2)NC(=O)[C@@H]2CCCN2C(=O)[C@H]2CCCN2C(=O)[C@H](Cc2c[nH]c3ccccc23)NC1=O. The van der Waals surface area contributed by atoms with E-state index in [1.165, 1.54) is 0 Å². The molecule has 0 radical (unpaired) electrons. The minimum Gasteiger partial charge on any atom is -0.370 e. The Hall–Kier alpha value is -5.40. The number of guanidine groups is 1. The summed E-state index contributed by atoms with van der Waals surface area (Å²) in [5.74, 6) is -2.34. The summed E-state index contributed by atoms with van der Waals surface area (Å²) in [6, 6.07) is 12.3. The van der Waals surface area contributed by atoms with Crippen molar-refractivity contribution in [3.63, 3.8) is 0 Å². The lowest BCUT2D eigenvalue weighted by Gasteiger charge is -2.33. The zero-order valence-electron chi connectivity index (χ0n) is 28.0. The van der Waals surface area contributed by atoms with Crippen LogP contribution in [0.3, 0.4) is 0 Å². The first-order chi connectivity index (χ1) is 24.2. The maximum absolute atomic E-state index is 14.5. The predicted octanol–water partition coefficient (Wildman–Crippen LogP) is 0.457. The zero-order valence-corrected chi connectivity index (χ0v) is 28.0. The van der Waals surface area contributed by atoms with E-state index in [1.54, 1.807) is 9.80 Å². The molecule has 14 nitrogen and oxygen atoms in total. The number of nitrogens with zero attached hydrogens (tertiary/aromatic N) is 3. The number of nitrogens with one attached hydrogen (secondary N) is 4. The third-order valence-electron chi connectivity index (χ3n) is 9.87. The fourth-order valence-corrected chi connectivity index (χ4v) is 7.35. The van der Waals surface area contributed by atoms with Gasteiger partial charge in [-0.05, 0) is 55.7 Å². The van der Waals surface area contributed by atoms with Crippen molar-refractivity contribution in [1.29, 1.82) is 0 Å². The van der Waals surface area contributed by atoms with Gasteiger partial charge in [-0.2, -0.15) is 0 Å². The number of para-hydroxylation sites is 1. The van der Waals surface area contributed by atoms with Crippen LogP contribution in [0.1, 0.15) is 49.7 Å². The van der Waals surface area contributed by atoms with Crippen LogP contribution in [0.15, 0.2) is 65.8 Å². The van der Waals surface area contributed by atoms with Crippen LogP contribution in [0.2, 0.25) is 0 Å². The Balaban J connectivity index is 1.37. The second kappa shape index (κ2) is 15.4. The minimum atomic E-state index is -1.07. The highest BCUT2D eigenvalue weighted by molar-refractivity contribution is 5.98. The summed E-state index contributed by atoms with van der Waals surface area (Å²) in [7, 11) is 0. The fourth-order valence-electron chi connectivity index (χ4n) is 7.35. The van der Waals surface area contributed by atoms with E-state index in [-0.39, 0.29) is 43.6 Å². The molecule has 0 unspecified atom stereocenters. The summed E-state index contributed by atoms with van der Waals surface area (Å²) in [4.78, 5) is 81.0. The van der Waals surface area contributed by atoms with Crippen molar-refractivity contribution in [1.82, 2.24) is 30.7 Å². The maximum atomic E-state index is 14.5. The second-order valence-corrected chi connectivity index (χ2v) is 13.3. The minimum absolute atomic E-state index is 0.0914. The molecule has 5 amide bonds. The number of carbonyl (C=O) groups is 5. The van der Waals surface area contributed by atoms with E-state index >= 15 is 0 Å². The number of H-pyrrole nitrogens is 1. The van der Waals surface area contributed by atoms with Gasteiger partial charge in [-0.1, -0.05) is 48.5 Å². The van der Waals surface area contributed by atoms with Gasteiger partial charge in [0.2, 0.25) is 29.5 Å². The van der Waals surface area contributed by atoms with Crippen LogP contribution in [0.5, 0.6) is 0 Å². The first-order valence-corrected chi connectivity index (χ1v) is 17.4. The second-order valence-electron chi connectivity index (χ2n) is 13.3. The molecule has 0 aliphatic carbocycles. The predicted molar refractivity (Wildman–Crippen MR) is 187 cm³/mol. The molecule has 5 atom stereocenters. The smallest absolute Gasteiger partial charge is 0.246 e. The average molecular weight is 684 g/mol. The molecule has 3 aromatic rings. The number of hydrogen-bond donors (Lipinski definition) is 6. The Morgan fingerprint density at radius 3 is 2.12 bits per heavy atom. The van der Waals surface area contributed by atoms with E-state index in [9.17, 15) is 24.0 Å². The van der Waals surface area contributed by atoms with Crippen LogP contribution >= 0.6 is 0 Å². The Morgan fingerprint density at radius 1 is 0.720 bits per heavy atom. The van der Waals surface area contributed by atoms with E-state index in [1.807, 2.05) is 60.8 Å². The first kappa shape index (κ1) is 34.5. The molecule has 6 rings (SSSR count). The number of benzene rings is 2. The standard InChI is InChI=1S/C36H45N9O5/c37-36(38)39-16-6-13-26-31(46)43-28(20-23-21-40-25-12-5-4-11-24(23)25)34(49)45-18-8-15-30(45)35(50)44-17-7-14-29(44)33(48)42-27(32(47)41-26)19-22-9-2-1-3-10-22/h1-5,9-12,21,26-30,40H,6-8,13-20H2,(H,41,47)(H,42,48)(H,43,46)(H4,37,38,39)/t26-,27+,28-,29-,30+/m0/s1. The van der Waals surface area contributed by atoms with E-state index < -0.39 is 47.9 Å². The first-order valence-electron chi connectivity index (χ1n) is 17.4. The number of aromatic amines is 1. The van der Waals surface area contributed by atoms with Crippen LogP contribution in [-0.2, 0) is 36.8 Å². The van der Waals surface area contributed by atoms with Crippen molar-refractivity contribution >= 4 is 46.4 Å². The Bertz CT molecular complexity index is 1750. The summed E-state index contributed by atoms with van der Waals surface area (Å²) >= 11 is 0. The van der Waals surface area contributed by atoms with Crippen LogP contribution in [0, 0.1) is 0 Å². The molecule has 1 aromatic heterocycles. The van der Waals surface area contributed by atoms with Gasteiger partial charge in [0.05, 0.1) is 0 Å². The molecule has 3 saturated heterocycles. The highest BCUT2D eigenvalue weighted by Crippen LogP contribution is 2.27. The van der Waals surface area contributed by atoms with E-state index in [0.29, 0.717) is 45.2 Å². The number of rotatable bonds is 8. The molecule has 3 aliphatic rings. The number of aliphatic imine (C=N–C) groups is 1. The van der Waals surface area contributed by atoms with Gasteiger partial charge in [0.15, 0.2) is 5.96 Å². The van der Waals surface area contributed by atoms with E-state index in [4.69, 9.17) is 11.5 Å². The van der Waals surface area contributed by atoms with E-state index in [0.717, 1.165) is 22.0 Å². The molecular weight excluding hydrogens is 638 g/mol. The summed E-state index contributed by atoms with van der Waals surface area (Å²) in [6.07, 6.45) is 4.79. The lowest BCUT2D eigenvalue weighted by Crippen LogP contribution is -2.58. The van der Waals surface area contributed by atoms with Gasteiger partial charge in [0, 0.05) is 49.6 Å². The molecule has 0 bridgehead atoms. The van der Waals surface area contributed by atoms with Crippen molar-refractivity contribution in [3.05, 3.63) is 71.9 Å². The monoisotopic (exact) mass is 683 g/mol. The highest BCUT2D eigenvalue weighted by Gasteiger charge is 2.44. The number of hydrogen-bond acceptors (Lipinski definition) is 6. The third kappa shape index (κ3) is 7.74. The summed E-state index contributed by atoms with van der Waals surface area (Å²) in [5, 5.41) is 9.63. The van der Waals surface area contributed by atoms with Gasteiger partial charge in [0.25, 0.3) is 0 Å². The van der Waals surface area contributed by atoms with Gasteiger partial charge in [-0.15, -0.1) is 0 Å². The molecule has 8 N–H and O–H groups in total. The molecule has 4 heterocycles. The summed E-state index contributed by atoms with van der Waals surface area (Å²) < 4.78 is 0. The molecule has 50 heavy (non-hydrogen) atoms. The van der Waals surface area contributed by atoms with Crippen LogP contribution in [-0.4, -0.2) is 100 Å². The molecule has 264 valence electrons. The third-order valence-corrected chi connectivity index (χ3v) is 9.87. The Labute approximate surface area is 290 Å². The van der Waals surface area contributed by atoms with Crippen molar-refractivity contribution in [3.8, 4) is 0 Å². The van der Waals surface area contributed by atoms with E-state index in [2.05, 4.69) is 25.9 Å². The quantitative estimate of drug-likeness (QED) is 0.112. The van der Waals surface area contributed by atoms with Crippen LogP contribution in [0.25, 0.3) is 10.9 Å². The fraction of sp³-hybridized carbons (Fsp3) is 0.444. The topological polar surface area (TPSA) is 208 Å². The number of aromatic nitrogens is 1. The van der Waals surface area contributed by atoms with Crippen molar-refractivity contribution in [2.24, 2.45) is 16.5 Å². The number of nitrogens with two attached hydrogens (primary N) is 2.